The lowest BCUT2D eigenvalue weighted by atomic mass is 10.1. The summed E-state index contributed by atoms with van der Waals surface area (Å²) in [6, 6.07) is 0. The van der Waals surface area contributed by atoms with E-state index in [1.165, 1.54) is 6.34 Å². The van der Waals surface area contributed by atoms with Gasteiger partial charge in [0.25, 0.3) is 0 Å². The fourth-order valence-corrected chi connectivity index (χ4v) is 3.70. The second-order valence-corrected chi connectivity index (χ2v) is 6.82. The van der Waals surface area contributed by atoms with E-state index in [2.05, 4.69) is 9.98 Å². The van der Waals surface area contributed by atoms with Crippen LogP contribution in [0.3, 0.4) is 0 Å². The summed E-state index contributed by atoms with van der Waals surface area (Å²) < 4.78 is 28.0. The average molecular weight is 360 g/mol. The zero-order chi connectivity index (χ0) is 18.0. The number of nitrogens with two attached hydrogens (primary N) is 1. The number of ether oxygens (including phenoxy) is 1. The molecule has 2 N–H and O–H groups in total. The van der Waals surface area contributed by atoms with Crippen molar-refractivity contribution in [3.8, 4) is 0 Å². The zero-order valence-electron chi connectivity index (χ0n) is 14.9. The molecule has 24 heavy (non-hydrogen) atoms. The molecule has 2 aliphatic heterocycles. The standard InChI is InChI=1S/C13H23N4O4P.C2H6/c1-3-20-22(18,21-4-2)10-19-8-7-17-6-5-11-12(14)15-9-16-13(11)17;1-2/h5-6,9,11,13H,3-4,7-8,10H2,1-2H3,(H2,14,15,16);1-2H3. The van der Waals surface area contributed by atoms with E-state index in [9.17, 15) is 4.57 Å². The van der Waals surface area contributed by atoms with Gasteiger partial charge in [-0.3, -0.25) is 4.57 Å². The highest BCUT2D eigenvalue weighted by molar-refractivity contribution is 7.53. The van der Waals surface area contributed by atoms with Crippen molar-refractivity contribution in [1.82, 2.24) is 4.90 Å². The Bertz CT molecular complexity index is 500. The monoisotopic (exact) mass is 360 g/mol. The number of aliphatic imine (C=N–C) groups is 2. The third-order valence-electron chi connectivity index (χ3n) is 3.31. The Morgan fingerprint density at radius 1 is 1.29 bits per heavy atom. The van der Waals surface area contributed by atoms with Gasteiger partial charge in [0.1, 0.15) is 24.7 Å². The molecule has 0 bridgehead atoms. The first-order valence-corrected chi connectivity index (χ1v) is 10.1. The molecular weight excluding hydrogens is 331 g/mol. The van der Waals surface area contributed by atoms with Crippen LogP contribution in [-0.2, 0) is 18.3 Å². The van der Waals surface area contributed by atoms with Crippen LogP contribution >= 0.6 is 7.60 Å². The SMILES string of the molecule is CC.CCOP(=O)(COCCN1C=CC2C(N)=NC=NC21)OCC. The third kappa shape index (κ3) is 5.70. The molecule has 0 amide bonds. The van der Waals surface area contributed by atoms with Crippen LogP contribution in [-0.4, -0.2) is 56.0 Å². The van der Waals surface area contributed by atoms with Gasteiger partial charge in [-0.1, -0.05) is 19.9 Å². The van der Waals surface area contributed by atoms with Gasteiger partial charge in [0.05, 0.1) is 25.7 Å². The predicted molar refractivity (Wildman–Crippen MR) is 96.3 cm³/mol. The van der Waals surface area contributed by atoms with Crippen LogP contribution in [0.15, 0.2) is 22.3 Å². The minimum absolute atomic E-state index is 0.0166. The number of hydrogen-bond acceptors (Lipinski definition) is 8. The zero-order valence-corrected chi connectivity index (χ0v) is 15.8. The summed E-state index contributed by atoms with van der Waals surface area (Å²) in [7, 11) is -3.15. The Morgan fingerprint density at radius 2 is 1.96 bits per heavy atom. The van der Waals surface area contributed by atoms with Crippen LogP contribution in [0.4, 0.5) is 0 Å². The molecule has 0 aliphatic carbocycles. The van der Waals surface area contributed by atoms with E-state index in [1.807, 2.05) is 31.0 Å². The van der Waals surface area contributed by atoms with Gasteiger partial charge in [-0.25, -0.2) is 9.98 Å². The summed E-state index contributed by atoms with van der Waals surface area (Å²) >= 11 is 0. The summed E-state index contributed by atoms with van der Waals surface area (Å²) in [6.07, 6.45) is 5.29. The predicted octanol–water partition coefficient (Wildman–Crippen LogP) is 2.42. The first-order valence-electron chi connectivity index (χ1n) is 8.34. The molecule has 0 saturated heterocycles. The average Bonchev–Trinajstić information content (AvgIpc) is 2.99. The van der Waals surface area contributed by atoms with E-state index in [0.717, 1.165) is 0 Å². The molecule has 0 aromatic heterocycles. The fraction of sp³-hybridized carbons (Fsp3) is 0.733. The number of nitrogens with zero attached hydrogens (tertiary/aromatic N) is 3. The van der Waals surface area contributed by atoms with Crippen molar-refractivity contribution in [2.45, 2.75) is 33.9 Å². The van der Waals surface area contributed by atoms with Gasteiger partial charge in [-0.2, -0.15) is 0 Å². The maximum atomic E-state index is 12.2. The molecule has 0 aromatic rings. The summed E-state index contributed by atoms with van der Waals surface area (Å²) in [5.74, 6) is 0.583. The molecule has 138 valence electrons. The van der Waals surface area contributed by atoms with E-state index < -0.39 is 7.60 Å². The Kier molecular flexibility index (Phi) is 9.21. The Hall–Kier alpha value is -1.21. The van der Waals surface area contributed by atoms with Crippen LogP contribution in [0.25, 0.3) is 0 Å². The van der Waals surface area contributed by atoms with Gasteiger partial charge in [0, 0.05) is 6.54 Å². The lowest BCUT2D eigenvalue weighted by Gasteiger charge is -2.27. The van der Waals surface area contributed by atoms with Gasteiger partial charge in [-0.05, 0) is 20.0 Å². The minimum atomic E-state index is -3.15. The summed E-state index contributed by atoms with van der Waals surface area (Å²) in [4.78, 5) is 10.3. The molecule has 2 heterocycles. The van der Waals surface area contributed by atoms with Crippen LogP contribution in [0.5, 0.6) is 0 Å². The summed E-state index contributed by atoms with van der Waals surface area (Å²) in [5.41, 5.74) is 5.84. The van der Waals surface area contributed by atoms with E-state index >= 15 is 0 Å². The van der Waals surface area contributed by atoms with Crippen LogP contribution in [0.1, 0.15) is 27.7 Å². The Balaban J connectivity index is 0.00000139. The molecule has 2 unspecified atom stereocenters. The van der Waals surface area contributed by atoms with Crippen molar-refractivity contribution in [2.24, 2.45) is 21.6 Å². The third-order valence-corrected chi connectivity index (χ3v) is 5.11. The van der Waals surface area contributed by atoms with Gasteiger partial charge in [0.15, 0.2) is 0 Å². The molecule has 0 aromatic carbocycles. The van der Waals surface area contributed by atoms with Gasteiger partial charge in [0.2, 0.25) is 0 Å². The summed E-state index contributed by atoms with van der Waals surface area (Å²) in [5, 5.41) is 0. The number of rotatable bonds is 9. The molecule has 9 heteroatoms. The first kappa shape index (κ1) is 20.8. The molecule has 8 nitrogen and oxygen atoms in total. The van der Waals surface area contributed by atoms with Gasteiger partial charge in [-0.15, -0.1) is 0 Å². The second-order valence-electron chi connectivity index (χ2n) is 4.82. The molecule has 0 fully saturated rings. The number of hydrogen-bond donors (Lipinski definition) is 1. The normalized spacial score (nSPS) is 22.0. The van der Waals surface area contributed by atoms with Crippen molar-refractivity contribution < 1.29 is 18.3 Å². The molecule has 0 radical (unpaired) electrons. The van der Waals surface area contributed by atoms with Crippen molar-refractivity contribution in [1.29, 1.82) is 0 Å². The molecule has 2 atom stereocenters. The largest absolute Gasteiger partial charge is 0.386 e. The summed E-state index contributed by atoms with van der Waals surface area (Å²) in [6.45, 7) is 9.20. The molecule has 0 saturated carbocycles. The highest BCUT2D eigenvalue weighted by Gasteiger charge is 2.32. The molecule has 2 rings (SSSR count). The number of amidine groups is 1. The maximum Gasteiger partial charge on any atom is 0.356 e. The fourth-order valence-electron chi connectivity index (χ4n) is 2.34. The minimum Gasteiger partial charge on any atom is -0.386 e. The number of fused-ring (bicyclic) bond motifs is 1. The molecule has 2 aliphatic rings. The second kappa shape index (κ2) is 10.6. The Labute approximate surface area is 144 Å². The molecule has 0 spiro atoms. The van der Waals surface area contributed by atoms with Crippen molar-refractivity contribution >= 4 is 19.8 Å². The van der Waals surface area contributed by atoms with Gasteiger partial charge < -0.3 is 24.4 Å². The van der Waals surface area contributed by atoms with E-state index in [1.54, 1.807) is 13.8 Å². The van der Waals surface area contributed by atoms with Gasteiger partial charge >= 0.3 is 7.60 Å². The van der Waals surface area contributed by atoms with Crippen LogP contribution in [0, 0.1) is 5.92 Å². The van der Waals surface area contributed by atoms with Crippen molar-refractivity contribution in [2.75, 3.05) is 32.7 Å². The van der Waals surface area contributed by atoms with Crippen LogP contribution in [0.2, 0.25) is 0 Å². The smallest absolute Gasteiger partial charge is 0.356 e. The van der Waals surface area contributed by atoms with Crippen LogP contribution < -0.4 is 5.73 Å². The highest BCUT2D eigenvalue weighted by atomic mass is 31.2. The van der Waals surface area contributed by atoms with Crippen molar-refractivity contribution in [3.63, 3.8) is 0 Å². The quantitative estimate of drug-likeness (QED) is 0.501. The van der Waals surface area contributed by atoms with E-state index in [4.69, 9.17) is 19.5 Å². The maximum absolute atomic E-state index is 12.2. The Morgan fingerprint density at radius 3 is 2.58 bits per heavy atom. The topological polar surface area (TPSA) is 98.7 Å². The highest BCUT2D eigenvalue weighted by Crippen LogP contribution is 2.47. The van der Waals surface area contributed by atoms with Crippen molar-refractivity contribution in [3.05, 3.63) is 12.3 Å². The first-order chi connectivity index (χ1) is 11.6. The molecular formula is C15H29N4O4P. The van der Waals surface area contributed by atoms with E-state index in [0.29, 0.717) is 32.2 Å². The lowest BCUT2D eigenvalue weighted by Crippen LogP contribution is -2.40. The lowest BCUT2D eigenvalue weighted by molar-refractivity contribution is 0.112. The van der Waals surface area contributed by atoms with E-state index in [-0.39, 0.29) is 18.4 Å².